The van der Waals surface area contributed by atoms with Crippen molar-refractivity contribution in [2.75, 3.05) is 19.6 Å². The molecule has 0 bridgehead atoms. The molecular weight excluding hydrogens is 208 g/mol. The number of likely N-dealkylation sites (tertiary alicyclic amines) is 1. The maximum Gasteiger partial charge on any atom is 0.0352 e. The van der Waals surface area contributed by atoms with E-state index in [1.165, 1.54) is 50.9 Å². The Kier molecular flexibility index (Phi) is 3.44. The minimum Gasteiger partial charge on any atom is -0.315 e. The zero-order valence-corrected chi connectivity index (χ0v) is 10.4. The van der Waals surface area contributed by atoms with Gasteiger partial charge in [0.2, 0.25) is 0 Å². The van der Waals surface area contributed by atoms with Crippen LogP contribution in [0.15, 0.2) is 30.3 Å². The lowest BCUT2D eigenvalue weighted by Crippen LogP contribution is -2.45. The lowest BCUT2D eigenvalue weighted by atomic mass is 10.0. The molecule has 2 atom stereocenters. The molecule has 3 rings (SSSR count). The summed E-state index contributed by atoms with van der Waals surface area (Å²) in [6, 6.07) is 12.5. The molecule has 1 aromatic carbocycles. The average Bonchev–Trinajstić information content (AvgIpc) is 2.90. The Morgan fingerprint density at radius 1 is 1.06 bits per heavy atom. The molecule has 1 N–H and O–H groups in total. The number of hydrogen-bond acceptors (Lipinski definition) is 2. The van der Waals surface area contributed by atoms with Crippen LogP contribution in [0.3, 0.4) is 0 Å². The number of benzene rings is 1. The van der Waals surface area contributed by atoms with Crippen LogP contribution in [0.25, 0.3) is 0 Å². The highest BCUT2D eigenvalue weighted by atomic mass is 15.2. The molecule has 0 amide bonds. The first kappa shape index (κ1) is 11.2. The fourth-order valence-corrected chi connectivity index (χ4v) is 3.38. The summed E-state index contributed by atoms with van der Waals surface area (Å²) in [5, 5.41) is 3.54. The van der Waals surface area contributed by atoms with E-state index in [1.54, 1.807) is 0 Å². The van der Waals surface area contributed by atoms with Gasteiger partial charge in [0, 0.05) is 18.6 Å². The van der Waals surface area contributed by atoms with Crippen LogP contribution in [0.4, 0.5) is 0 Å². The highest BCUT2D eigenvalue weighted by Gasteiger charge is 2.31. The molecule has 2 unspecified atom stereocenters. The highest BCUT2D eigenvalue weighted by molar-refractivity contribution is 5.20. The Morgan fingerprint density at radius 2 is 1.94 bits per heavy atom. The lowest BCUT2D eigenvalue weighted by Gasteiger charge is -2.36. The number of nitrogens with zero attached hydrogens (tertiary/aromatic N) is 1. The maximum absolute atomic E-state index is 3.54. The number of nitrogens with one attached hydrogen (secondary N) is 1. The Bertz CT molecular complexity index is 343. The van der Waals surface area contributed by atoms with Crippen LogP contribution in [-0.2, 0) is 0 Å². The number of piperidine rings is 1. The first-order chi connectivity index (χ1) is 8.45. The topological polar surface area (TPSA) is 15.3 Å². The normalized spacial score (nSPS) is 30.6. The number of rotatable bonds is 2. The molecule has 92 valence electrons. The van der Waals surface area contributed by atoms with Crippen molar-refractivity contribution in [3.05, 3.63) is 35.9 Å². The molecular formula is C15H22N2. The van der Waals surface area contributed by atoms with Crippen LogP contribution in [0, 0.1) is 0 Å². The third kappa shape index (κ3) is 2.38. The van der Waals surface area contributed by atoms with Gasteiger partial charge in [-0.1, -0.05) is 30.3 Å². The largest absolute Gasteiger partial charge is 0.315 e. The summed E-state index contributed by atoms with van der Waals surface area (Å²) < 4.78 is 0. The molecule has 0 spiro atoms. The Hall–Kier alpha value is -0.860. The summed E-state index contributed by atoms with van der Waals surface area (Å²) >= 11 is 0. The van der Waals surface area contributed by atoms with Gasteiger partial charge in [0.25, 0.3) is 0 Å². The van der Waals surface area contributed by atoms with Crippen LogP contribution in [-0.4, -0.2) is 30.6 Å². The third-order valence-electron chi connectivity index (χ3n) is 4.22. The van der Waals surface area contributed by atoms with Crippen LogP contribution in [0.5, 0.6) is 0 Å². The Labute approximate surface area is 104 Å². The summed E-state index contributed by atoms with van der Waals surface area (Å²) in [6.45, 7) is 3.68. The first-order valence-electron chi connectivity index (χ1n) is 6.96. The van der Waals surface area contributed by atoms with Crippen LogP contribution >= 0.6 is 0 Å². The second-order valence-electron chi connectivity index (χ2n) is 5.31. The molecule has 2 fully saturated rings. The minimum absolute atomic E-state index is 0.668. The van der Waals surface area contributed by atoms with Crippen molar-refractivity contribution in [3.8, 4) is 0 Å². The quantitative estimate of drug-likeness (QED) is 0.840. The molecule has 2 saturated heterocycles. The fourth-order valence-electron chi connectivity index (χ4n) is 3.38. The summed E-state index contributed by atoms with van der Waals surface area (Å²) in [4.78, 5) is 2.74. The molecule has 2 aliphatic heterocycles. The van der Waals surface area contributed by atoms with E-state index in [0.717, 1.165) is 6.04 Å². The van der Waals surface area contributed by atoms with Gasteiger partial charge in [0.15, 0.2) is 0 Å². The molecule has 17 heavy (non-hydrogen) atoms. The maximum atomic E-state index is 3.54. The van der Waals surface area contributed by atoms with E-state index >= 15 is 0 Å². The van der Waals surface area contributed by atoms with Gasteiger partial charge in [0.1, 0.15) is 0 Å². The molecule has 2 heterocycles. The van der Waals surface area contributed by atoms with Gasteiger partial charge in [0.05, 0.1) is 0 Å². The fraction of sp³-hybridized carbons (Fsp3) is 0.600. The van der Waals surface area contributed by atoms with Gasteiger partial charge in [-0.25, -0.2) is 0 Å². The van der Waals surface area contributed by atoms with Gasteiger partial charge in [-0.05, 0) is 44.3 Å². The van der Waals surface area contributed by atoms with E-state index in [9.17, 15) is 0 Å². The van der Waals surface area contributed by atoms with Gasteiger partial charge in [-0.2, -0.15) is 0 Å². The standard InChI is InChI=1S/C15H22N2/c1-2-6-13(7-3-1)15-9-5-11-17(15)14-8-4-10-16-12-14/h1-3,6-7,14-16H,4-5,8-12H2. The molecule has 2 aliphatic rings. The monoisotopic (exact) mass is 230 g/mol. The highest BCUT2D eigenvalue weighted by Crippen LogP contribution is 2.34. The van der Waals surface area contributed by atoms with Crippen molar-refractivity contribution >= 4 is 0 Å². The lowest BCUT2D eigenvalue weighted by molar-refractivity contribution is 0.152. The van der Waals surface area contributed by atoms with Gasteiger partial charge < -0.3 is 5.32 Å². The van der Waals surface area contributed by atoms with Crippen molar-refractivity contribution < 1.29 is 0 Å². The van der Waals surface area contributed by atoms with Crippen molar-refractivity contribution in [2.45, 2.75) is 37.8 Å². The van der Waals surface area contributed by atoms with E-state index in [0.29, 0.717) is 6.04 Å². The summed E-state index contributed by atoms with van der Waals surface area (Å²) in [6.07, 6.45) is 5.40. The predicted molar refractivity (Wildman–Crippen MR) is 71.0 cm³/mol. The molecule has 0 aliphatic carbocycles. The second kappa shape index (κ2) is 5.19. The van der Waals surface area contributed by atoms with Crippen molar-refractivity contribution in [3.63, 3.8) is 0 Å². The molecule has 2 heteroatoms. The molecule has 1 aromatic rings. The zero-order valence-electron chi connectivity index (χ0n) is 10.4. The Morgan fingerprint density at radius 3 is 2.71 bits per heavy atom. The van der Waals surface area contributed by atoms with E-state index in [4.69, 9.17) is 0 Å². The van der Waals surface area contributed by atoms with Crippen molar-refractivity contribution in [1.29, 1.82) is 0 Å². The second-order valence-corrected chi connectivity index (χ2v) is 5.31. The van der Waals surface area contributed by atoms with Crippen LogP contribution < -0.4 is 5.32 Å². The average molecular weight is 230 g/mol. The van der Waals surface area contributed by atoms with Gasteiger partial charge >= 0.3 is 0 Å². The summed E-state index contributed by atoms with van der Waals surface area (Å²) in [7, 11) is 0. The van der Waals surface area contributed by atoms with Crippen molar-refractivity contribution in [2.24, 2.45) is 0 Å². The zero-order chi connectivity index (χ0) is 11.5. The van der Waals surface area contributed by atoms with Crippen LogP contribution in [0.2, 0.25) is 0 Å². The molecule has 0 radical (unpaired) electrons. The molecule has 0 saturated carbocycles. The third-order valence-corrected chi connectivity index (χ3v) is 4.22. The SMILES string of the molecule is c1ccc(C2CCCN2C2CCCNC2)cc1. The van der Waals surface area contributed by atoms with E-state index in [1.807, 2.05) is 0 Å². The van der Waals surface area contributed by atoms with Crippen molar-refractivity contribution in [1.82, 2.24) is 10.2 Å². The predicted octanol–water partition coefficient (Wildman–Crippen LogP) is 2.58. The van der Waals surface area contributed by atoms with Gasteiger partial charge in [-0.15, -0.1) is 0 Å². The van der Waals surface area contributed by atoms with Crippen LogP contribution in [0.1, 0.15) is 37.3 Å². The van der Waals surface area contributed by atoms with E-state index < -0.39 is 0 Å². The summed E-state index contributed by atoms with van der Waals surface area (Å²) in [5.41, 5.74) is 1.51. The van der Waals surface area contributed by atoms with Gasteiger partial charge in [-0.3, -0.25) is 4.90 Å². The number of hydrogen-bond donors (Lipinski definition) is 1. The molecule has 0 aromatic heterocycles. The van der Waals surface area contributed by atoms with E-state index in [2.05, 4.69) is 40.5 Å². The Balaban J connectivity index is 1.75. The smallest absolute Gasteiger partial charge is 0.0352 e. The van der Waals surface area contributed by atoms with E-state index in [-0.39, 0.29) is 0 Å². The minimum atomic E-state index is 0.668. The molecule has 2 nitrogen and oxygen atoms in total. The first-order valence-corrected chi connectivity index (χ1v) is 6.96. The summed E-state index contributed by atoms with van der Waals surface area (Å²) in [5.74, 6) is 0.